The molecule has 0 bridgehead atoms. The number of benzene rings is 2. The van der Waals surface area contributed by atoms with Crippen molar-refractivity contribution in [1.82, 2.24) is 0 Å². The number of hydrogen-bond acceptors (Lipinski definition) is 7. The molecule has 0 aliphatic carbocycles. The van der Waals surface area contributed by atoms with Crippen LogP contribution < -0.4 is 10.7 Å². The SMILES string of the molecule is Cc1cc(SC#N)cc(C)c1NC(=O)COC(=O)c1cc(=O)c2ccccc2o1. The maximum Gasteiger partial charge on any atom is 0.374 e. The Bertz CT molecular complexity index is 1190. The second-order valence-electron chi connectivity index (χ2n) is 6.22. The first-order chi connectivity index (χ1) is 13.9. The lowest BCUT2D eigenvalue weighted by molar-refractivity contribution is -0.119. The van der Waals surface area contributed by atoms with Gasteiger partial charge in [-0.3, -0.25) is 9.59 Å². The topological polar surface area (TPSA) is 109 Å². The lowest BCUT2D eigenvalue weighted by Crippen LogP contribution is -2.22. The summed E-state index contributed by atoms with van der Waals surface area (Å²) in [5.41, 5.74) is 2.04. The Kier molecular flexibility index (Phi) is 6.00. The summed E-state index contributed by atoms with van der Waals surface area (Å²) in [6.07, 6.45) is 0. The predicted octanol–water partition coefficient (Wildman–Crippen LogP) is 3.78. The van der Waals surface area contributed by atoms with Gasteiger partial charge in [-0.15, -0.1) is 0 Å². The number of para-hydroxylation sites is 1. The zero-order chi connectivity index (χ0) is 21.0. The summed E-state index contributed by atoms with van der Waals surface area (Å²) < 4.78 is 10.4. The predicted molar refractivity (Wildman–Crippen MR) is 109 cm³/mol. The van der Waals surface area contributed by atoms with E-state index in [-0.39, 0.29) is 16.8 Å². The Labute approximate surface area is 170 Å². The van der Waals surface area contributed by atoms with Gasteiger partial charge in [-0.25, -0.2) is 4.79 Å². The van der Waals surface area contributed by atoms with Crippen molar-refractivity contribution in [3.63, 3.8) is 0 Å². The van der Waals surface area contributed by atoms with Crippen LogP contribution in [0.2, 0.25) is 0 Å². The highest BCUT2D eigenvalue weighted by Gasteiger charge is 2.16. The van der Waals surface area contributed by atoms with Crippen molar-refractivity contribution in [3.8, 4) is 5.40 Å². The number of anilines is 1. The largest absolute Gasteiger partial charge is 0.450 e. The van der Waals surface area contributed by atoms with Gasteiger partial charge in [0.1, 0.15) is 11.0 Å². The Hall–Kier alpha value is -3.57. The molecule has 3 rings (SSSR count). The van der Waals surface area contributed by atoms with Crippen LogP contribution in [0.5, 0.6) is 0 Å². The van der Waals surface area contributed by atoms with Crippen LogP contribution >= 0.6 is 11.8 Å². The Balaban J connectivity index is 1.68. The van der Waals surface area contributed by atoms with E-state index in [4.69, 9.17) is 14.4 Å². The average Bonchev–Trinajstić information content (AvgIpc) is 2.69. The van der Waals surface area contributed by atoms with Gasteiger partial charge in [0, 0.05) is 16.6 Å². The van der Waals surface area contributed by atoms with E-state index in [1.54, 1.807) is 50.2 Å². The number of carbonyl (C=O) groups excluding carboxylic acids is 2. The number of rotatable bonds is 5. The standard InChI is InChI=1S/C21H16N2O5S/c1-12-7-14(29-11-22)8-13(2)20(12)23-19(25)10-27-21(26)18-9-16(24)15-5-3-4-6-17(15)28-18/h3-9H,10H2,1-2H3,(H,23,25). The zero-order valence-corrected chi connectivity index (χ0v) is 16.5. The monoisotopic (exact) mass is 408 g/mol. The molecule has 146 valence electrons. The number of nitrogens with one attached hydrogen (secondary N) is 1. The molecule has 0 saturated heterocycles. The number of nitrogens with zero attached hydrogens (tertiary/aromatic N) is 1. The van der Waals surface area contributed by atoms with Gasteiger partial charge in [0.05, 0.1) is 5.39 Å². The number of nitriles is 1. The van der Waals surface area contributed by atoms with Gasteiger partial charge in [0.25, 0.3) is 5.91 Å². The van der Waals surface area contributed by atoms with Crippen molar-refractivity contribution in [2.24, 2.45) is 0 Å². The lowest BCUT2D eigenvalue weighted by atomic mass is 10.1. The van der Waals surface area contributed by atoms with Crippen molar-refractivity contribution in [2.45, 2.75) is 18.7 Å². The molecule has 0 saturated carbocycles. The second-order valence-corrected chi connectivity index (χ2v) is 7.08. The maximum atomic E-state index is 12.2. The quantitative estimate of drug-likeness (QED) is 0.389. The van der Waals surface area contributed by atoms with Crippen molar-refractivity contribution in [2.75, 3.05) is 11.9 Å². The molecule has 1 heterocycles. The molecule has 0 fully saturated rings. The van der Waals surface area contributed by atoms with Crippen molar-refractivity contribution < 1.29 is 18.7 Å². The zero-order valence-electron chi connectivity index (χ0n) is 15.6. The lowest BCUT2D eigenvalue weighted by Gasteiger charge is -2.13. The van der Waals surface area contributed by atoms with Crippen molar-refractivity contribution >= 4 is 40.3 Å². The fraction of sp³-hybridized carbons (Fsp3) is 0.143. The Morgan fingerprint density at radius 1 is 1.17 bits per heavy atom. The second kappa shape index (κ2) is 8.63. The molecule has 0 aliphatic rings. The van der Waals surface area contributed by atoms with E-state index in [0.29, 0.717) is 11.1 Å². The number of fused-ring (bicyclic) bond motifs is 1. The number of carbonyl (C=O) groups is 2. The summed E-state index contributed by atoms with van der Waals surface area (Å²) in [5.74, 6) is -1.71. The van der Waals surface area contributed by atoms with Gasteiger partial charge in [-0.1, -0.05) is 12.1 Å². The van der Waals surface area contributed by atoms with E-state index in [0.717, 1.165) is 33.9 Å². The number of aryl methyl sites for hydroxylation is 2. The molecule has 0 atom stereocenters. The molecule has 1 amide bonds. The minimum Gasteiger partial charge on any atom is -0.450 e. The third-order valence-electron chi connectivity index (χ3n) is 4.10. The molecule has 2 aromatic carbocycles. The highest BCUT2D eigenvalue weighted by Crippen LogP contribution is 2.27. The van der Waals surface area contributed by atoms with Crippen LogP contribution in [-0.2, 0) is 9.53 Å². The van der Waals surface area contributed by atoms with E-state index >= 15 is 0 Å². The van der Waals surface area contributed by atoms with Crippen LogP contribution in [0.1, 0.15) is 21.7 Å². The number of thioether (sulfide) groups is 1. The molecule has 29 heavy (non-hydrogen) atoms. The van der Waals surface area contributed by atoms with Gasteiger partial charge in [-0.2, -0.15) is 5.26 Å². The Morgan fingerprint density at radius 3 is 2.55 bits per heavy atom. The van der Waals surface area contributed by atoms with Crippen LogP contribution in [0.3, 0.4) is 0 Å². The van der Waals surface area contributed by atoms with Crippen LogP contribution in [0, 0.1) is 24.5 Å². The fourth-order valence-electron chi connectivity index (χ4n) is 2.81. The van der Waals surface area contributed by atoms with Gasteiger partial charge in [-0.05, 0) is 61.0 Å². The summed E-state index contributed by atoms with van der Waals surface area (Å²) in [6, 6.07) is 11.1. The summed E-state index contributed by atoms with van der Waals surface area (Å²) in [7, 11) is 0. The number of thiocyanates is 1. The van der Waals surface area contributed by atoms with E-state index < -0.39 is 18.5 Å². The number of esters is 1. The van der Waals surface area contributed by atoms with Crippen molar-refractivity contribution in [3.05, 3.63) is 69.6 Å². The number of amides is 1. The van der Waals surface area contributed by atoms with E-state index in [2.05, 4.69) is 5.32 Å². The first-order valence-corrected chi connectivity index (χ1v) is 9.37. The molecular formula is C21H16N2O5S. The molecular weight excluding hydrogens is 392 g/mol. The molecule has 8 heteroatoms. The van der Waals surface area contributed by atoms with Crippen LogP contribution in [0.15, 0.2) is 56.6 Å². The summed E-state index contributed by atoms with van der Waals surface area (Å²) in [5, 5.41) is 13.8. The molecule has 7 nitrogen and oxygen atoms in total. The highest BCUT2D eigenvalue weighted by atomic mass is 32.2. The molecule has 0 spiro atoms. The third kappa shape index (κ3) is 4.65. The molecule has 1 aromatic heterocycles. The highest BCUT2D eigenvalue weighted by molar-refractivity contribution is 8.03. The van der Waals surface area contributed by atoms with Crippen molar-refractivity contribution in [1.29, 1.82) is 5.26 Å². The van der Waals surface area contributed by atoms with Gasteiger partial charge < -0.3 is 14.5 Å². The third-order valence-corrected chi connectivity index (χ3v) is 4.67. The molecule has 0 aliphatic heterocycles. The van der Waals surface area contributed by atoms with Gasteiger partial charge >= 0.3 is 5.97 Å². The first kappa shape index (κ1) is 20.2. The molecule has 1 N–H and O–H groups in total. The van der Waals surface area contributed by atoms with E-state index in [1.165, 1.54) is 0 Å². The summed E-state index contributed by atoms with van der Waals surface area (Å²) >= 11 is 1.03. The number of ether oxygens (including phenoxy) is 1. The number of hydrogen-bond donors (Lipinski definition) is 1. The van der Waals surface area contributed by atoms with Crippen LogP contribution in [0.25, 0.3) is 11.0 Å². The fourth-order valence-corrected chi connectivity index (χ4v) is 3.39. The molecule has 0 radical (unpaired) electrons. The minimum absolute atomic E-state index is 0.262. The summed E-state index contributed by atoms with van der Waals surface area (Å²) in [6.45, 7) is 3.07. The van der Waals surface area contributed by atoms with Crippen LogP contribution in [0.4, 0.5) is 5.69 Å². The Morgan fingerprint density at radius 2 is 1.86 bits per heavy atom. The van der Waals surface area contributed by atoms with E-state index in [9.17, 15) is 14.4 Å². The van der Waals surface area contributed by atoms with Gasteiger partial charge in [0.2, 0.25) is 5.76 Å². The van der Waals surface area contributed by atoms with E-state index in [1.807, 2.05) is 5.40 Å². The summed E-state index contributed by atoms with van der Waals surface area (Å²) in [4.78, 5) is 37.2. The first-order valence-electron chi connectivity index (χ1n) is 8.56. The average molecular weight is 408 g/mol. The maximum absolute atomic E-state index is 12.2. The van der Waals surface area contributed by atoms with Gasteiger partial charge in [0.15, 0.2) is 12.0 Å². The molecule has 0 unspecified atom stereocenters. The smallest absolute Gasteiger partial charge is 0.374 e. The van der Waals surface area contributed by atoms with Crippen LogP contribution in [-0.4, -0.2) is 18.5 Å². The normalized spacial score (nSPS) is 10.4. The molecule has 3 aromatic rings. The minimum atomic E-state index is -0.905.